The summed E-state index contributed by atoms with van der Waals surface area (Å²) in [5.74, 6) is -0.409. The van der Waals surface area contributed by atoms with Gasteiger partial charge in [-0.05, 0) is 12.1 Å². The van der Waals surface area contributed by atoms with E-state index in [0.717, 1.165) is 12.3 Å². The third-order valence-electron chi connectivity index (χ3n) is 1.36. The number of nitrogens with one attached hydrogen (secondary N) is 1. The summed E-state index contributed by atoms with van der Waals surface area (Å²) < 4.78 is 36.2. The molecule has 0 unspecified atom stereocenters. The second kappa shape index (κ2) is 3.04. The largest absolute Gasteiger partial charge is 0.433 e. The lowest BCUT2D eigenvalue weighted by atomic mass is 10.2. The van der Waals surface area contributed by atoms with Crippen LogP contribution in [0.4, 0.5) is 13.2 Å². The van der Waals surface area contributed by atoms with Crippen molar-refractivity contribution in [1.29, 1.82) is 5.41 Å². The average Bonchev–Trinajstić information content (AvgIpc) is 2.03. The van der Waals surface area contributed by atoms with E-state index in [1.807, 2.05) is 0 Å². The Morgan fingerprint density at radius 1 is 1.46 bits per heavy atom. The molecule has 13 heavy (non-hydrogen) atoms. The Labute approximate surface area is 71.9 Å². The summed E-state index contributed by atoms with van der Waals surface area (Å²) >= 11 is 0. The number of pyridine rings is 1. The van der Waals surface area contributed by atoms with Crippen LogP contribution >= 0.6 is 0 Å². The predicted molar refractivity (Wildman–Crippen MR) is 40.3 cm³/mol. The molecule has 0 aliphatic carbocycles. The van der Waals surface area contributed by atoms with Gasteiger partial charge in [0.1, 0.15) is 11.5 Å². The van der Waals surface area contributed by atoms with Gasteiger partial charge in [0.2, 0.25) is 0 Å². The van der Waals surface area contributed by atoms with Crippen LogP contribution in [0.5, 0.6) is 0 Å². The second-order valence-corrected chi connectivity index (χ2v) is 2.34. The van der Waals surface area contributed by atoms with E-state index >= 15 is 0 Å². The predicted octanol–water partition coefficient (Wildman–Crippen LogP) is 1.38. The molecule has 1 aromatic heterocycles. The number of hydrogen-bond donors (Lipinski definition) is 2. The quantitative estimate of drug-likeness (QED) is 0.517. The van der Waals surface area contributed by atoms with Gasteiger partial charge < -0.3 is 5.73 Å². The van der Waals surface area contributed by atoms with Crippen molar-refractivity contribution in [1.82, 2.24) is 4.98 Å². The number of nitrogens with zero attached hydrogens (tertiary/aromatic N) is 1. The lowest BCUT2D eigenvalue weighted by Gasteiger charge is -2.06. The number of halogens is 3. The zero-order valence-corrected chi connectivity index (χ0v) is 6.39. The van der Waals surface area contributed by atoms with E-state index in [9.17, 15) is 13.2 Å². The summed E-state index contributed by atoms with van der Waals surface area (Å²) in [6, 6.07) is 1.99. The number of rotatable bonds is 1. The molecular weight excluding hydrogens is 183 g/mol. The van der Waals surface area contributed by atoms with Crippen molar-refractivity contribution >= 4 is 5.84 Å². The lowest BCUT2D eigenvalue weighted by Crippen LogP contribution is -2.14. The smallest absolute Gasteiger partial charge is 0.384 e. The molecule has 1 aromatic rings. The van der Waals surface area contributed by atoms with Crippen LogP contribution in [0.3, 0.4) is 0 Å². The fourth-order valence-electron chi connectivity index (χ4n) is 0.753. The Kier molecular flexibility index (Phi) is 2.22. The number of nitrogen functional groups attached to an aromatic ring is 1. The van der Waals surface area contributed by atoms with Gasteiger partial charge in [0.25, 0.3) is 0 Å². The van der Waals surface area contributed by atoms with Crippen LogP contribution in [0.25, 0.3) is 0 Å². The molecule has 0 spiro atoms. The summed E-state index contributed by atoms with van der Waals surface area (Å²) in [7, 11) is 0. The zero-order chi connectivity index (χ0) is 10.1. The molecular formula is C7H6F3N3. The number of aromatic nitrogens is 1. The highest BCUT2D eigenvalue weighted by molar-refractivity contribution is 5.94. The first kappa shape index (κ1) is 9.50. The molecule has 0 aromatic carbocycles. The van der Waals surface area contributed by atoms with E-state index in [1.165, 1.54) is 6.07 Å². The number of alkyl halides is 3. The van der Waals surface area contributed by atoms with Gasteiger partial charge in [0.05, 0.1) is 0 Å². The van der Waals surface area contributed by atoms with E-state index in [-0.39, 0.29) is 5.56 Å². The first-order valence-corrected chi connectivity index (χ1v) is 3.29. The van der Waals surface area contributed by atoms with Crippen LogP contribution in [0.1, 0.15) is 11.3 Å². The molecule has 0 radical (unpaired) electrons. The Hall–Kier alpha value is -1.59. The van der Waals surface area contributed by atoms with Gasteiger partial charge >= 0.3 is 6.18 Å². The molecule has 6 heteroatoms. The average molecular weight is 189 g/mol. The minimum atomic E-state index is -4.49. The summed E-state index contributed by atoms with van der Waals surface area (Å²) in [5, 5.41) is 6.92. The van der Waals surface area contributed by atoms with E-state index in [4.69, 9.17) is 11.1 Å². The fourth-order valence-corrected chi connectivity index (χ4v) is 0.753. The molecule has 0 atom stereocenters. The van der Waals surface area contributed by atoms with Crippen LogP contribution in [-0.4, -0.2) is 10.8 Å². The van der Waals surface area contributed by atoms with Crippen molar-refractivity contribution in [2.24, 2.45) is 5.73 Å². The van der Waals surface area contributed by atoms with Crippen LogP contribution in [0.2, 0.25) is 0 Å². The topological polar surface area (TPSA) is 62.8 Å². The van der Waals surface area contributed by atoms with Gasteiger partial charge in [0.15, 0.2) is 0 Å². The van der Waals surface area contributed by atoms with E-state index in [0.29, 0.717) is 0 Å². The molecule has 0 aliphatic rings. The van der Waals surface area contributed by atoms with Crippen molar-refractivity contribution < 1.29 is 13.2 Å². The number of amidine groups is 1. The molecule has 0 saturated carbocycles. The minimum absolute atomic E-state index is 0.0160. The highest BCUT2D eigenvalue weighted by Gasteiger charge is 2.32. The van der Waals surface area contributed by atoms with Crippen LogP contribution in [-0.2, 0) is 6.18 Å². The third kappa shape index (κ3) is 2.17. The standard InChI is InChI=1S/C7H6F3N3/c8-7(9,10)5-3-4(6(11)12)1-2-13-5/h1-3H,(H3,11,12). The Morgan fingerprint density at radius 3 is 2.54 bits per heavy atom. The normalized spacial score (nSPS) is 11.3. The van der Waals surface area contributed by atoms with Gasteiger partial charge in [-0.1, -0.05) is 0 Å². The van der Waals surface area contributed by atoms with Crippen molar-refractivity contribution in [3.63, 3.8) is 0 Å². The molecule has 3 N–H and O–H groups in total. The Bertz CT molecular complexity index is 332. The number of hydrogen-bond acceptors (Lipinski definition) is 2. The minimum Gasteiger partial charge on any atom is -0.384 e. The highest BCUT2D eigenvalue weighted by atomic mass is 19.4. The monoisotopic (exact) mass is 189 g/mol. The van der Waals surface area contributed by atoms with Crippen LogP contribution in [0.15, 0.2) is 18.3 Å². The van der Waals surface area contributed by atoms with Gasteiger partial charge in [0, 0.05) is 11.8 Å². The maximum absolute atomic E-state index is 12.1. The molecule has 1 heterocycles. The molecule has 0 amide bonds. The Morgan fingerprint density at radius 2 is 2.08 bits per heavy atom. The summed E-state index contributed by atoms with van der Waals surface area (Å²) in [6.07, 6.45) is -3.52. The molecule has 1 rings (SSSR count). The molecule has 0 bridgehead atoms. The fraction of sp³-hybridized carbons (Fsp3) is 0.143. The molecule has 0 fully saturated rings. The summed E-state index contributed by atoms with van der Waals surface area (Å²) in [6.45, 7) is 0. The van der Waals surface area contributed by atoms with Gasteiger partial charge in [-0.25, -0.2) is 0 Å². The summed E-state index contributed by atoms with van der Waals surface area (Å²) in [4.78, 5) is 3.12. The van der Waals surface area contributed by atoms with E-state index < -0.39 is 17.7 Å². The highest BCUT2D eigenvalue weighted by Crippen LogP contribution is 2.27. The van der Waals surface area contributed by atoms with Crippen molar-refractivity contribution in [3.05, 3.63) is 29.6 Å². The SMILES string of the molecule is N=C(N)c1ccnc(C(F)(F)F)c1. The molecule has 3 nitrogen and oxygen atoms in total. The second-order valence-electron chi connectivity index (χ2n) is 2.34. The van der Waals surface area contributed by atoms with Crippen molar-refractivity contribution in [2.45, 2.75) is 6.18 Å². The number of nitrogens with two attached hydrogens (primary N) is 1. The summed E-state index contributed by atoms with van der Waals surface area (Å²) in [5.41, 5.74) is 3.99. The van der Waals surface area contributed by atoms with Crippen LogP contribution in [0, 0.1) is 5.41 Å². The van der Waals surface area contributed by atoms with Crippen molar-refractivity contribution in [2.75, 3.05) is 0 Å². The molecule has 0 aliphatic heterocycles. The maximum Gasteiger partial charge on any atom is 0.433 e. The van der Waals surface area contributed by atoms with Gasteiger partial charge in [-0.15, -0.1) is 0 Å². The maximum atomic E-state index is 12.1. The molecule has 70 valence electrons. The first-order valence-electron chi connectivity index (χ1n) is 3.29. The zero-order valence-electron chi connectivity index (χ0n) is 6.39. The van der Waals surface area contributed by atoms with Gasteiger partial charge in [-0.2, -0.15) is 13.2 Å². The van der Waals surface area contributed by atoms with Crippen LogP contribution < -0.4 is 5.73 Å². The van der Waals surface area contributed by atoms with E-state index in [2.05, 4.69) is 4.98 Å². The van der Waals surface area contributed by atoms with Gasteiger partial charge in [-0.3, -0.25) is 10.4 Å². The first-order chi connectivity index (χ1) is 5.91. The third-order valence-corrected chi connectivity index (χ3v) is 1.36. The Balaban J connectivity index is 3.13. The molecule has 0 saturated heterocycles. The van der Waals surface area contributed by atoms with E-state index in [1.54, 1.807) is 0 Å². The lowest BCUT2D eigenvalue weighted by molar-refractivity contribution is -0.141. The van der Waals surface area contributed by atoms with Crippen molar-refractivity contribution in [3.8, 4) is 0 Å².